The van der Waals surface area contributed by atoms with Gasteiger partial charge < -0.3 is 5.73 Å². The number of halogens is 3. The standard InChI is InChI=1S/C12H12F3N3/c1-8(16)11-5-6-17-18(11)10-4-2-3-9(7-10)12(13,14)15/h2-8H,16H2,1H3. The van der Waals surface area contributed by atoms with Crippen LogP contribution in [-0.2, 0) is 6.18 Å². The summed E-state index contributed by atoms with van der Waals surface area (Å²) in [4.78, 5) is 0. The molecule has 1 heterocycles. The summed E-state index contributed by atoms with van der Waals surface area (Å²) in [5.74, 6) is 0. The molecule has 0 bridgehead atoms. The van der Waals surface area contributed by atoms with E-state index in [0.717, 1.165) is 12.1 Å². The average Bonchev–Trinajstić information content (AvgIpc) is 2.77. The van der Waals surface area contributed by atoms with Gasteiger partial charge in [-0.05, 0) is 31.2 Å². The van der Waals surface area contributed by atoms with Crippen molar-refractivity contribution in [3.05, 3.63) is 47.8 Å². The SMILES string of the molecule is CC(N)c1ccnn1-c1cccc(C(F)(F)F)c1. The second-order valence-electron chi connectivity index (χ2n) is 4.00. The number of nitrogens with zero attached hydrogens (tertiary/aromatic N) is 2. The molecule has 96 valence electrons. The topological polar surface area (TPSA) is 43.8 Å². The van der Waals surface area contributed by atoms with Gasteiger partial charge in [0.15, 0.2) is 0 Å². The Kier molecular flexibility index (Phi) is 3.13. The predicted octanol–water partition coefficient (Wildman–Crippen LogP) is 2.91. The van der Waals surface area contributed by atoms with Gasteiger partial charge in [-0.25, -0.2) is 4.68 Å². The van der Waals surface area contributed by atoms with Gasteiger partial charge in [0.05, 0.1) is 16.9 Å². The Bertz CT molecular complexity index is 543. The average molecular weight is 255 g/mol. The molecule has 0 aliphatic heterocycles. The molecule has 1 unspecified atom stereocenters. The predicted molar refractivity (Wildman–Crippen MR) is 61.2 cm³/mol. The third-order valence-corrected chi connectivity index (χ3v) is 2.56. The number of aromatic nitrogens is 2. The summed E-state index contributed by atoms with van der Waals surface area (Å²) < 4.78 is 39.3. The van der Waals surface area contributed by atoms with Crippen LogP contribution in [0.15, 0.2) is 36.5 Å². The van der Waals surface area contributed by atoms with E-state index in [-0.39, 0.29) is 6.04 Å². The molecule has 18 heavy (non-hydrogen) atoms. The van der Waals surface area contributed by atoms with E-state index < -0.39 is 11.7 Å². The van der Waals surface area contributed by atoms with Gasteiger partial charge in [-0.1, -0.05) is 6.07 Å². The van der Waals surface area contributed by atoms with E-state index in [0.29, 0.717) is 11.4 Å². The lowest BCUT2D eigenvalue weighted by Gasteiger charge is -2.12. The van der Waals surface area contributed by atoms with Crippen LogP contribution in [0.1, 0.15) is 24.2 Å². The van der Waals surface area contributed by atoms with Crippen LogP contribution in [0.25, 0.3) is 5.69 Å². The molecule has 0 aliphatic rings. The van der Waals surface area contributed by atoms with E-state index in [1.807, 2.05) is 0 Å². The second kappa shape index (κ2) is 4.45. The van der Waals surface area contributed by atoms with Crippen LogP contribution < -0.4 is 5.73 Å². The van der Waals surface area contributed by atoms with Crippen molar-refractivity contribution in [1.29, 1.82) is 0 Å². The lowest BCUT2D eigenvalue weighted by Crippen LogP contribution is -2.13. The van der Waals surface area contributed by atoms with Gasteiger partial charge in [-0.3, -0.25) is 0 Å². The number of benzene rings is 1. The molecular weight excluding hydrogens is 243 g/mol. The summed E-state index contributed by atoms with van der Waals surface area (Å²) >= 11 is 0. The van der Waals surface area contributed by atoms with E-state index in [1.54, 1.807) is 19.1 Å². The monoisotopic (exact) mass is 255 g/mol. The minimum Gasteiger partial charge on any atom is -0.323 e. The summed E-state index contributed by atoms with van der Waals surface area (Å²) in [6.07, 6.45) is -2.85. The zero-order chi connectivity index (χ0) is 13.3. The lowest BCUT2D eigenvalue weighted by molar-refractivity contribution is -0.137. The van der Waals surface area contributed by atoms with Crippen molar-refractivity contribution in [3.8, 4) is 5.69 Å². The van der Waals surface area contributed by atoms with Crippen LogP contribution in [0.3, 0.4) is 0 Å². The van der Waals surface area contributed by atoms with Crippen molar-refractivity contribution < 1.29 is 13.2 Å². The van der Waals surface area contributed by atoms with Gasteiger partial charge in [0, 0.05) is 12.2 Å². The number of rotatable bonds is 2. The Balaban J connectivity index is 2.48. The summed E-state index contributed by atoms with van der Waals surface area (Å²) in [7, 11) is 0. The van der Waals surface area contributed by atoms with Gasteiger partial charge in [-0.15, -0.1) is 0 Å². The third-order valence-electron chi connectivity index (χ3n) is 2.56. The Morgan fingerprint density at radius 3 is 2.61 bits per heavy atom. The molecule has 1 aromatic carbocycles. The molecule has 0 saturated carbocycles. The van der Waals surface area contributed by atoms with Crippen LogP contribution in [0, 0.1) is 0 Å². The number of hydrogen-bond donors (Lipinski definition) is 1. The number of nitrogens with two attached hydrogens (primary N) is 1. The highest BCUT2D eigenvalue weighted by molar-refractivity contribution is 5.38. The Morgan fingerprint density at radius 2 is 2.00 bits per heavy atom. The van der Waals surface area contributed by atoms with Crippen LogP contribution in [0.4, 0.5) is 13.2 Å². The minimum absolute atomic E-state index is 0.304. The molecule has 2 aromatic rings. The fourth-order valence-electron chi connectivity index (χ4n) is 1.69. The molecule has 0 radical (unpaired) electrons. The molecular formula is C12H12F3N3. The summed E-state index contributed by atoms with van der Waals surface area (Å²) in [6.45, 7) is 1.75. The third kappa shape index (κ3) is 2.38. The van der Waals surface area contributed by atoms with Gasteiger partial charge in [-0.2, -0.15) is 18.3 Å². The van der Waals surface area contributed by atoms with Crippen LogP contribution in [0.2, 0.25) is 0 Å². The molecule has 2 rings (SSSR count). The smallest absolute Gasteiger partial charge is 0.323 e. The molecule has 1 atom stereocenters. The van der Waals surface area contributed by atoms with Crippen molar-refractivity contribution in [3.63, 3.8) is 0 Å². The first-order chi connectivity index (χ1) is 8.39. The minimum atomic E-state index is -4.36. The summed E-state index contributed by atoms with van der Waals surface area (Å²) in [6, 6.07) is 6.38. The maximum Gasteiger partial charge on any atom is 0.416 e. The van der Waals surface area contributed by atoms with Crippen molar-refractivity contribution >= 4 is 0 Å². The maximum atomic E-state index is 12.6. The summed E-state index contributed by atoms with van der Waals surface area (Å²) in [5.41, 5.74) is 6.05. The molecule has 6 heteroatoms. The Morgan fingerprint density at radius 1 is 1.28 bits per heavy atom. The van der Waals surface area contributed by atoms with Crippen molar-refractivity contribution in [2.75, 3.05) is 0 Å². The van der Waals surface area contributed by atoms with Gasteiger partial charge in [0.1, 0.15) is 0 Å². The highest BCUT2D eigenvalue weighted by Crippen LogP contribution is 2.30. The number of alkyl halides is 3. The molecule has 0 amide bonds. The zero-order valence-electron chi connectivity index (χ0n) is 9.65. The van der Waals surface area contributed by atoms with Gasteiger partial charge in [0.2, 0.25) is 0 Å². The maximum absolute atomic E-state index is 12.6. The first kappa shape index (κ1) is 12.6. The van der Waals surface area contributed by atoms with E-state index >= 15 is 0 Å². The van der Waals surface area contributed by atoms with Crippen molar-refractivity contribution in [1.82, 2.24) is 9.78 Å². The Hall–Kier alpha value is -1.82. The lowest BCUT2D eigenvalue weighted by atomic mass is 10.2. The molecule has 1 aromatic heterocycles. The van der Waals surface area contributed by atoms with Crippen molar-refractivity contribution in [2.24, 2.45) is 5.73 Å². The molecule has 0 spiro atoms. The first-order valence-electron chi connectivity index (χ1n) is 5.37. The molecule has 3 nitrogen and oxygen atoms in total. The van der Waals surface area contributed by atoms with Crippen molar-refractivity contribution in [2.45, 2.75) is 19.1 Å². The molecule has 0 aliphatic carbocycles. The Labute approximate surface area is 102 Å². The van der Waals surface area contributed by atoms with Crippen LogP contribution in [-0.4, -0.2) is 9.78 Å². The fraction of sp³-hybridized carbons (Fsp3) is 0.250. The molecule has 0 fully saturated rings. The normalized spacial score (nSPS) is 13.6. The van der Waals surface area contributed by atoms with Gasteiger partial charge >= 0.3 is 6.18 Å². The largest absolute Gasteiger partial charge is 0.416 e. The van der Waals surface area contributed by atoms with E-state index in [4.69, 9.17) is 5.73 Å². The van der Waals surface area contributed by atoms with E-state index in [2.05, 4.69) is 5.10 Å². The van der Waals surface area contributed by atoms with Gasteiger partial charge in [0.25, 0.3) is 0 Å². The van der Waals surface area contributed by atoms with E-state index in [1.165, 1.54) is 16.9 Å². The highest BCUT2D eigenvalue weighted by Gasteiger charge is 2.30. The van der Waals surface area contributed by atoms with Crippen LogP contribution >= 0.6 is 0 Å². The first-order valence-corrected chi connectivity index (χ1v) is 5.37. The summed E-state index contributed by atoms with van der Waals surface area (Å²) in [5, 5.41) is 4.00. The molecule has 0 saturated heterocycles. The number of hydrogen-bond acceptors (Lipinski definition) is 2. The van der Waals surface area contributed by atoms with E-state index in [9.17, 15) is 13.2 Å². The zero-order valence-corrected chi connectivity index (χ0v) is 9.65. The quantitative estimate of drug-likeness (QED) is 0.896. The van der Waals surface area contributed by atoms with Crippen LogP contribution in [0.5, 0.6) is 0 Å². The highest BCUT2D eigenvalue weighted by atomic mass is 19.4. The fourth-order valence-corrected chi connectivity index (χ4v) is 1.69. The molecule has 2 N–H and O–H groups in total. The second-order valence-corrected chi connectivity index (χ2v) is 4.00.